The number of hydrogen-bond acceptors (Lipinski definition) is 1. The van der Waals surface area contributed by atoms with Crippen molar-refractivity contribution in [2.75, 3.05) is 0 Å². The lowest BCUT2D eigenvalue weighted by molar-refractivity contribution is -0.353. The third kappa shape index (κ3) is 2.17. The lowest BCUT2D eigenvalue weighted by Gasteiger charge is -2.32. The van der Waals surface area contributed by atoms with Crippen LogP contribution in [0.4, 0.5) is 13.2 Å². The predicted molar refractivity (Wildman–Crippen MR) is 29.3 cm³/mol. The van der Waals surface area contributed by atoms with Gasteiger partial charge in [0.05, 0.1) is 6.10 Å². The van der Waals surface area contributed by atoms with Gasteiger partial charge in [0.2, 0.25) is 0 Å². The lowest BCUT2D eigenvalue weighted by Crippen LogP contribution is -2.34. The van der Waals surface area contributed by atoms with Gasteiger partial charge < -0.3 is 0 Å². The molecule has 0 atom stereocenters. The van der Waals surface area contributed by atoms with E-state index in [0.717, 1.165) is 0 Å². The van der Waals surface area contributed by atoms with E-state index in [2.05, 4.69) is 4.74 Å². The summed E-state index contributed by atoms with van der Waals surface area (Å²) in [5.41, 5.74) is 0. The van der Waals surface area contributed by atoms with Crippen LogP contribution < -0.4 is 0 Å². The monoisotopic (exact) mass is 154 g/mol. The molecule has 0 aromatic carbocycles. The first-order valence-electron chi connectivity index (χ1n) is 3.22. The van der Waals surface area contributed by atoms with Gasteiger partial charge in [-0.2, -0.15) is 0 Å². The zero-order valence-corrected chi connectivity index (χ0v) is 5.61. The van der Waals surface area contributed by atoms with Gasteiger partial charge in [-0.1, -0.05) is 6.92 Å². The van der Waals surface area contributed by atoms with Crippen LogP contribution in [0.3, 0.4) is 0 Å². The second-order valence-electron chi connectivity index (χ2n) is 2.76. The van der Waals surface area contributed by atoms with E-state index in [0.29, 0.717) is 18.8 Å². The quantitative estimate of drug-likeness (QED) is 0.563. The number of rotatable bonds is 1. The SMILES string of the molecule is C[C@H]1C[C@H](OC(F)(F)F)C1. The summed E-state index contributed by atoms with van der Waals surface area (Å²) in [4.78, 5) is 0. The molecule has 1 fully saturated rings. The maximum absolute atomic E-state index is 11.4. The summed E-state index contributed by atoms with van der Waals surface area (Å²) >= 11 is 0. The lowest BCUT2D eigenvalue weighted by atomic mass is 9.84. The number of halogens is 3. The minimum atomic E-state index is -4.44. The molecule has 0 unspecified atom stereocenters. The van der Waals surface area contributed by atoms with Crippen LogP contribution in [0.2, 0.25) is 0 Å². The Morgan fingerprint density at radius 3 is 2.10 bits per heavy atom. The number of ether oxygens (including phenoxy) is 1. The summed E-state index contributed by atoms with van der Waals surface area (Å²) < 4.78 is 38.0. The Bertz CT molecular complexity index is 115. The first-order valence-corrected chi connectivity index (χ1v) is 3.22. The molecule has 1 aliphatic rings. The number of alkyl halides is 3. The molecule has 0 N–H and O–H groups in total. The van der Waals surface area contributed by atoms with Gasteiger partial charge in [0.25, 0.3) is 0 Å². The molecule has 0 heterocycles. The molecule has 1 rings (SSSR count). The van der Waals surface area contributed by atoms with Crippen LogP contribution in [0.1, 0.15) is 19.8 Å². The molecule has 1 saturated carbocycles. The fourth-order valence-corrected chi connectivity index (χ4v) is 1.11. The predicted octanol–water partition coefficient (Wildman–Crippen LogP) is 2.32. The van der Waals surface area contributed by atoms with E-state index in [1.165, 1.54) is 0 Å². The first-order chi connectivity index (χ1) is 4.47. The zero-order valence-electron chi connectivity index (χ0n) is 5.61. The second kappa shape index (κ2) is 2.42. The molecule has 0 amide bonds. The molecule has 4 heteroatoms. The maximum Gasteiger partial charge on any atom is 0.522 e. The number of hydrogen-bond donors (Lipinski definition) is 0. The topological polar surface area (TPSA) is 9.23 Å². The average Bonchev–Trinajstić information content (AvgIpc) is 1.57. The summed E-state index contributed by atoms with van der Waals surface area (Å²) in [6.07, 6.45) is -3.93. The van der Waals surface area contributed by atoms with E-state index in [4.69, 9.17) is 0 Å². The van der Waals surface area contributed by atoms with Crippen molar-refractivity contribution in [1.82, 2.24) is 0 Å². The molecule has 0 aromatic rings. The average molecular weight is 154 g/mol. The fourth-order valence-electron chi connectivity index (χ4n) is 1.11. The Morgan fingerprint density at radius 1 is 1.30 bits per heavy atom. The van der Waals surface area contributed by atoms with Gasteiger partial charge in [-0.3, -0.25) is 4.74 Å². The van der Waals surface area contributed by atoms with E-state index in [1.807, 2.05) is 6.92 Å². The van der Waals surface area contributed by atoms with Gasteiger partial charge in [-0.05, 0) is 18.8 Å². The maximum atomic E-state index is 11.4. The standard InChI is InChI=1S/C6H9F3O/c1-4-2-5(3-4)10-6(7,8)9/h4-5H,2-3H2,1H3/t4-,5-. The van der Waals surface area contributed by atoms with Crippen LogP contribution >= 0.6 is 0 Å². The van der Waals surface area contributed by atoms with Crippen molar-refractivity contribution < 1.29 is 17.9 Å². The Labute approximate surface area is 57.2 Å². The first kappa shape index (κ1) is 7.85. The molecule has 0 aromatic heterocycles. The Balaban J connectivity index is 2.16. The van der Waals surface area contributed by atoms with Gasteiger partial charge in [0.15, 0.2) is 0 Å². The largest absolute Gasteiger partial charge is 0.522 e. The van der Waals surface area contributed by atoms with E-state index < -0.39 is 12.5 Å². The Morgan fingerprint density at radius 2 is 1.80 bits per heavy atom. The van der Waals surface area contributed by atoms with Crippen molar-refractivity contribution in [3.63, 3.8) is 0 Å². The molecule has 0 aliphatic heterocycles. The van der Waals surface area contributed by atoms with Gasteiger partial charge >= 0.3 is 6.36 Å². The van der Waals surface area contributed by atoms with Crippen molar-refractivity contribution in [1.29, 1.82) is 0 Å². The summed E-state index contributed by atoms with van der Waals surface area (Å²) in [5, 5.41) is 0. The van der Waals surface area contributed by atoms with E-state index >= 15 is 0 Å². The third-order valence-corrected chi connectivity index (χ3v) is 1.63. The Kier molecular flexibility index (Phi) is 1.90. The van der Waals surface area contributed by atoms with Gasteiger partial charge in [0.1, 0.15) is 0 Å². The molecule has 1 nitrogen and oxygen atoms in total. The van der Waals surface area contributed by atoms with Gasteiger partial charge in [-0.25, -0.2) is 0 Å². The van der Waals surface area contributed by atoms with Gasteiger partial charge in [-0.15, -0.1) is 13.2 Å². The van der Waals surface area contributed by atoms with Crippen molar-refractivity contribution >= 4 is 0 Å². The highest BCUT2D eigenvalue weighted by Crippen LogP contribution is 2.33. The van der Waals surface area contributed by atoms with Gasteiger partial charge in [0, 0.05) is 0 Å². The third-order valence-electron chi connectivity index (χ3n) is 1.63. The van der Waals surface area contributed by atoms with Crippen LogP contribution in [0.25, 0.3) is 0 Å². The van der Waals surface area contributed by atoms with Crippen LogP contribution in [-0.2, 0) is 4.74 Å². The molecule has 60 valence electrons. The molecule has 0 bridgehead atoms. The summed E-state index contributed by atoms with van der Waals surface area (Å²) in [7, 11) is 0. The highest BCUT2D eigenvalue weighted by atomic mass is 19.4. The summed E-state index contributed by atoms with van der Waals surface area (Å²) in [6, 6.07) is 0. The highest BCUT2D eigenvalue weighted by Gasteiger charge is 2.38. The van der Waals surface area contributed by atoms with Crippen LogP contribution in [0.5, 0.6) is 0 Å². The minimum Gasteiger partial charge on any atom is -0.289 e. The highest BCUT2D eigenvalue weighted by molar-refractivity contribution is 4.76. The van der Waals surface area contributed by atoms with E-state index in [9.17, 15) is 13.2 Å². The van der Waals surface area contributed by atoms with Crippen LogP contribution in [-0.4, -0.2) is 12.5 Å². The normalized spacial score (nSPS) is 33.6. The fraction of sp³-hybridized carbons (Fsp3) is 1.00. The Hall–Kier alpha value is -0.250. The van der Waals surface area contributed by atoms with E-state index in [-0.39, 0.29) is 0 Å². The second-order valence-corrected chi connectivity index (χ2v) is 2.76. The molecule has 0 spiro atoms. The molecular formula is C6H9F3O. The summed E-state index contributed by atoms with van der Waals surface area (Å²) in [5.74, 6) is 0.396. The molecule has 0 saturated heterocycles. The van der Waals surface area contributed by atoms with Crippen LogP contribution in [0, 0.1) is 5.92 Å². The molecule has 10 heavy (non-hydrogen) atoms. The molecular weight excluding hydrogens is 145 g/mol. The smallest absolute Gasteiger partial charge is 0.289 e. The van der Waals surface area contributed by atoms with Crippen molar-refractivity contribution in [3.8, 4) is 0 Å². The van der Waals surface area contributed by atoms with E-state index in [1.54, 1.807) is 0 Å². The van der Waals surface area contributed by atoms with Crippen molar-refractivity contribution in [2.24, 2.45) is 5.92 Å². The molecule has 1 aliphatic carbocycles. The summed E-state index contributed by atoms with van der Waals surface area (Å²) in [6.45, 7) is 1.91. The van der Waals surface area contributed by atoms with Crippen molar-refractivity contribution in [2.45, 2.75) is 32.2 Å². The van der Waals surface area contributed by atoms with Crippen LogP contribution in [0.15, 0.2) is 0 Å². The molecule has 0 radical (unpaired) electrons. The zero-order chi connectivity index (χ0) is 7.78. The minimum absolute atomic E-state index is 0.396. The van der Waals surface area contributed by atoms with Crippen molar-refractivity contribution in [3.05, 3.63) is 0 Å².